The molecule has 5 aromatic rings. The molecule has 1 aliphatic carbocycles. The Morgan fingerprint density at radius 3 is 2.64 bits per heavy atom. The molecule has 1 atom stereocenters. The van der Waals surface area contributed by atoms with Gasteiger partial charge in [0.15, 0.2) is 16.3 Å². The van der Waals surface area contributed by atoms with Gasteiger partial charge in [0.2, 0.25) is 0 Å². The van der Waals surface area contributed by atoms with Gasteiger partial charge in [-0.05, 0) is 93.5 Å². The summed E-state index contributed by atoms with van der Waals surface area (Å²) in [7, 11) is 1.56. The van der Waals surface area contributed by atoms with E-state index in [-0.39, 0.29) is 24.0 Å². The van der Waals surface area contributed by atoms with E-state index in [2.05, 4.69) is 28.1 Å². The molecular formula is C35H24BrCl2FN2O3S. The van der Waals surface area contributed by atoms with Crippen LogP contribution in [0, 0.1) is 5.82 Å². The molecule has 0 bridgehead atoms. The first-order valence-electron chi connectivity index (χ1n) is 14.1. The number of rotatable bonds is 6. The highest BCUT2D eigenvalue weighted by molar-refractivity contribution is 9.10. The van der Waals surface area contributed by atoms with Gasteiger partial charge in [-0.2, -0.15) is 0 Å². The quantitative estimate of drug-likeness (QED) is 0.178. The molecule has 2 aliphatic rings. The second kappa shape index (κ2) is 12.2. The van der Waals surface area contributed by atoms with Crippen molar-refractivity contribution in [2.75, 3.05) is 7.11 Å². The van der Waals surface area contributed by atoms with Crippen molar-refractivity contribution in [1.29, 1.82) is 0 Å². The van der Waals surface area contributed by atoms with Crippen molar-refractivity contribution < 1.29 is 13.9 Å². The molecule has 2 heterocycles. The molecule has 0 radical (unpaired) electrons. The molecule has 0 amide bonds. The number of methoxy groups -OCH3 is 1. The highest BCUT2D eigenvalue weighted by atomic mass is 79.9. The van der Waals surface area contributed by atoms with E-state index >= 15 is 0 Å². The third-order valence-corrected chi connectivity index (χ3v) is 10.2. The highest BCUT2D eigenvalue weighted by Crippen LogP contribution is 2.41. The fraction of sp³-hybridized carbons (Fsp3) is 0.143. The van der Waals surface area contributed by atoms with E-state index in [0.717, 1.165) is 46.4 Å². The van der Waals surface area contributed by atoms with Gasteiger partial charge in [0.05, 0.1) is 27.9 Å². The summed E-state index contributed by atoms with van der Waals surface area (Å²) < 4.78 is 28.6. The van der Waals surface area contributed by atoms with Crippen LogP contribution in [0.15, 0.2) is 98.7 Å². The molecular weight excluding hydrogens is 698 g/mol. The Morgan fingerprint density at radius 1 is 1.07 bits per heavy atom. The Hall–Kier alpha value is -3.69. The maximum absolute atomic E-state index is 14.1. The summed E-state index contributed by atoms with van der Waals surface area (Å²) in [6.07, 6.45) is 3.43. The third-order valence-electron chi connectivity index (χ3n) is 8.00. The number of nitrogens with zero attached hydrogens (tertiary/aromatic N) is 2. The molecule has 1 aliphatic heterocycles. The lowest BCUT2D eigenvalue weighted by atomic mass is 9.83. The van der Waals surface area contributed by atoms with Crippen LogP contribution in [-0.2, 0) is 13.0 Å². The minimum atomic E-state index is -0.385. The standard InChI is InChI=1S/C35H24BrCl2FN2O3S/c1-43-29-15-19(14-27(36)33(29)44-18-22-6-10-23(37)17-28(22)38)16-30-34(42)41-32(21-7-11-24(39)12-8-21)26-13-9-20-4-2-3-5-25(20)31(26)40-35(41)45-30/h2-8,10-12,14-17,32H,9,13,18H2,1H3/b30-16+/t32-/m0/s1. The lowest BCUT2D eigenvalue weighted by Gasteiger charge is -2.30. The molecule has 10 heteroatoms. The maximum atomic E-state index is 14.1. The van der Waals surface area contributed by atoms with Gasteiger partial charge in [0.25, 0.3) is 5.56 Å². The molecule has 45 heavy (non-hydrogen) atoms. The molecule has 0 spiro atoms. The van der Waals surface area contributed by atoms with E-state index < -0.39 is 0 Å². The topological polar surface area (TPSA) is 52.8 Å². The number of aromatic nitrogens is 1. The van der Waals surface area contributed by atoms with Crippen molar-refractivity contribution >= 4 is 62.2 Å². The average Bonchev–Trinajstić information content (AvgIpc) is 3.34. The summed E-state index contributed by atoms with van der Waals surface area (Å²) in [5.74, 6) is 0.673. The zero-order valence-electron chi connectivity index (χ0n) is 23.8. The summed E-state index contributed by atoms with van der Waals surface area (Å²) in [5.41, 5.74) is 6.47. The number of ether oxygens (including phenoxy) is 2. The van der Waals surface area contributed by atoms with Crippen LogP contribution in [0.5, 0.6) is 11.5 Å². The number of benzene rings is 4. The van der Waals surface area contributed by atoms with Crippen molar-refractivity contribution in [3.63, 3.8) is 0 Å². The molecule has 0 N–H and O–H groups in total. The largest absolute Gasteiger partial charge is 0.493 e. The van der Waals surface area contributed by atoms with Gasteiger partial charge in [0.1, 0.15) is 12.4 Å². The monoisotopic (exact) mass is 720 g/mol. The fourth-order valence-electron chi connectivity index (χ4n) is 5.87. The maximum Gasteiger partial charge on any atom is 0.271 e. The first-order valence-corrected chi connectivity index (χ1v) is 16.5. The van der Waals surface area contributed by atoms with Gasteiger partial charge in [-0.15, -0.1) is 0 Å². The van der Waals surface area contributed by atoms with E-state index in [1.165, 1.54) is 29.0 Å². The van der Waals surface area contributed by atoms with Crippen molar-refractivity contribution in [2.24, 2.45) is 4.99 Å². The van der Waals surface area contributed by atoms with Crippen LogP contribution in [0.25, 0.3) is 11.8 Å². The van der Waals surface area contributed by atoms with Gasteiger partial charge in [-0.3, -0.25) is 9.36 Å². The molecule has 4 aromatic carbocycles. The predicted octanol–water partition coefficient (Wildman–Crippen LogP) is 8.11. The summed E-state index contributed by atoms with van der Waals surface area (Å²) in [5, 5.41) is 1.06. The minimum Gasteiger partial charge on any atom is -0.493 e. The Balaban J connectivity index is 1.31. The van der Waals surface area contributed by atoms with Crippen molar-refractivity contribution in [3.05, 3.63) is 152 Å². The van der Waals surface area contributed by atoms with Crippen molar-refractivity contribution in [1.82, 2.24) is 4.57 Å². The van der Waals surface area contributed by atoms with Crippen LogP contribution in [0.1, 0.15) is 40.3 Å². The van der Waals surface area contributed by atoms with Gasteiger partial charge in [0, 0.05) is 21.2 Å². The van der Waals surface area contributed by atoms with E-state index in [1.807, 2.05) is 36.4 Å². The zero-order valence-corrected chi connectivity index (χ0v) is 27.7. The van der Waals surface area contributed by atoms with Gasteiger partial charge in [-0.1, -0.05) is 77.0 Å². The Labute approximate surface area is 280 Å². The summed E-state index contributed by atoms with van der Waals surface area (Å²) in [6.45, 7) is 0.208. The number of aryl methyl sites for hydroxylation is 1. The van der Waals surface area contributed by atoms with Gasteiger partial charge >= 0.3 is 0 Å². The Morgan fingerprint density at radius 2 is 1.87 bits per heavy atom. The van der Waals surface area contributed by atoms with Crippen LogP contribution >= 0.6 is 50.5 Å². The number of hydrogen-bond acceptors (Lipinski definition) is 5. The second-order valence-corrected chi connectivity index (χ2v) is 13.4. The smallest absolute Gasteiger partial charge is 0.271 e. The molecule has 0 saturated heterocycles. The predicted molar refractivity (Wildman–Crippen MR) is 181 cm³/mol. The number of allylic oxidation sites excluding steroid dienone is 1. The lowest BCUT2D eigenvalue weighted by Crippen LogP contribution is -2.38. The van der Waals surface area contributed by atoms with Gasteiger partial charge in [-0.25, -0.2) is 9.38 Å². The van der Waals surface area contributed by atoms with Crippen LogP contribution < -0.4 is 24.4 Å². The first-order chi connectivity index (χ1) is 21.8. The van der Waals surface area contributed by atoms with E-state index in [0.29, 0.717) is 35.4 Å². The van der Waals surface area contributed by atoms with Crippen molar-refractivity contribution in [2.45, 2.75) is 25.5 Å². The van der Waals surface area contributed by atoms with Gasteiger partial charge < -0.3 is 9.47 Å². The SMILES string of the molecule is COc1cc(/C=c2/sc3n(c2=O)[C@@H](c2ccc(F)cc2)C2=C(N=3)c3ccccc3CC2)cc(Br)c1OCc1ccc(Cl)cc1Cl. The molecule has 5 nitrogen and oxygen atoms in total. The van der Waals surface area contributed by atoms with E-state index in [4.69, 9.17) is 37.7 Å². The summed E-state index contributed by atoms with van der Waals surface area (Å²) >= 11 is 17.3. The number of hydrogen-bond donors (Lipinski definition) is 0. The molecule has 0 saturated carbocycles. The Kier molecular flexibility index (Phi) is 8.16. The van der Waals surface area contributed by atoms with E-state index in [1.54, 1.807) is 35.9 Å². The molecule has 7 rings (SSSR count). The summed E-state index contributed by atoms with van der Waals surface area (Å²) in [4.78, 5) is 19.8. The highest BCUT2D eigenvalue weighted by Gasteiger charge is 2.32. The number of halogens is 4. The molecule has 0 unspecified atom stereocenters. The lowest BCUT2D eigenvalue weighted by molar-refractivity contribution is 0.282. The average molecular weight is 722 g/mol. The van der Waals surface area contributed by atoms with Crippen LogP contribution in [0.2, 0.25) is 10.0 Å². The van der Waals surface area contributed by atoms with Crippen LogP contribution in [0.3, 0.4) is 0 Å². The minimum absolute atomic E-state index is 0.161. The molecule has 1 aromatic heterocycles. The van der Waals surface area contributed by atoms with Crippen LogP contribution in [0.4, 0.5) is 4.39 Å². The number of thiazole rings is 1. The normalized spacial score (nSPS) is 15.7. The number of fused-ring (bicyclic) bond motifs is 3. The third kappa shape index (κ3) is 5.65. The van der Waals surface area contributed by atoms with E-state index in [9.17, 15) is 9.18 Å². The van der Waals surface area contributed by atoms with Crippen LogP contribution in [-0.4, -0.2) is 11.7 Å². The zero-order chi connectivity index (χ0) is 31.2. The Bertz CT molecular complexity index is 2190. The first kappa shape index (κ1) is 30.0. The molecule has 226 valence electrons. The fourth-order valence-corrected chi connectivity index (χ4v) is 7.91. The van der Waals surface area contributed by atoms with Crippen molar-refractivity contribution in [3.8, 4) is 11.5 Å². The summed E-state index contributed by atoms with van der Waals surface area (Å²) in [6, 6.07) is 23.2. The second-order valence-electron chi connectivity index (χ2n) is 10.7. The molecule has 0 fully saturated rings.